The Labute approximate surface area is 205 Å². The van der Waals surface area contributed by atoms with E-state index in [0.717, 1.165) is 72.4 Å². The molecule has 3 N–H and O–H groups in total. The second kappa shape index (κ2) is 10.5. The molecule has 0 unspecified atom stereocenters. The van der Waals surface area contributed by atoms with Crippen LogP contribution >= 0.6 is 11.9 Å². The number of likely N-dealkylation sites (N-methyl/N-ethyl adjacent to an activating group) is 1. The molecule has 1 saturated heterocycles. The van der Waals surface area contributed by atoms with Gasteiger partial charge in [0, 0.05) is 54.9 Å². The SMILES string of the molecule is CCN1CCN(c2cc(Nc3cc(C)[nH]n3)nc(/C=C/c3cccc(NSC4CC4)c3)n2)CC1. The Morgan fingerprint density at radius 2 is 1.91 bits per heavy atom. The van der Waals surface area contributed by atoms with Crippen molar-refractivity contribution in [3.8, 4) is 0 Å². The molecule has 0 amide bonds. The van der Waals surface area contributed by atoms with Gasteiger partial charge in [-0.25, -0.2) is 9.97 Å². The Kier molecular flexibility index (Phi) is 7.01. The summed E-state index contributed by atoms with van der Waals surface area (Å²) in [5.41, 5.74) is 3.24. The Morgan fingerprint density at radius 3 is 2.65 bits per heavy atom. The first-order valence-corrected chi connectivity index (χ1v) is 12.9. The van der Waals surface area contributed by atoms with E-state index in [-0.39, 0.29) is 0 Å². The second-order valence-electron chi connectivity index (χ2n) is 8.83. The van der Waals surface area contributed by atoms with Crippen LogP contribution in [0.15, 0.2) is 36.4 Å². The van der Waals surface area contributed by atoms with Crippen molar-refractivity contribution < 1.29 is 0 Å². The Hall–Kier alpha value is -3.04. The van der Waals surface area contributed by atoms with Gasteiger partial charge in [0.2, 0.25) is 0 Å². The summed E-state index contributed by atoms with van der Waals surface area (Å²) in [6, 6.07) is 12.4. The lowest BCUT2D eigenvalue weighted by Gasteiger charge is -2.34. The lowest BCUT2D eigenvalue weighted by molar-refractivity contribution is 0.270. The summed E-state index contributed by atoms with van der Waals surface area (Å²) in [6.45, 7) is 9.30. The number of piperazine rings is 1. The number of aryl methyl sites for hydroxylation is 1. The number of aromatic amines is 1. The van der Waals surface area contributed by atoms with Crippen LogP contribution in [0.3, 0.4) is 0 Å². The third-order valence-electron chi connectivity index (χ3n) is 6.01. The third-order valence-corrected chi connectivity index (χ3v) is 7.17. The summed E-state index contributed by atoms with van der Waals surface area (Å²) >= 11 is 1.82. The highest BCUT2D eigenvalue weighted by Gasteiger charge is 2.22. The quantitative estimate of drug-likeness (QED) is 0.380. The molecule has 2 fully saturated rings. The smallest absolute Gasteiger partial charge is 0.156 e. The standard InChI is InChI=1S/C25H32N8S/c1-3-32-11-13-33(14-12-32)25-17-23(27-24-15-18(2)29-30-24)26-22(28-25)10-7-19-5-4-6-20(16-19)31-34-21-8-9-21/h4-7,10,15-17,21,31H,3,8-9,11-14H2,1-2H3,(H2,26,27,28,29,30)/b10-7+. The van der Waals surface area contributed by atoms with Gasteiger partial charge >= 0.3 is 0 Å². The first kappa shape index (κ1) is 22.7. The molecule has 3 heterocycles. The molecule has 8 nitrogen and oxygen atoms in total. The van der Waals surface area contributed by atoms with Crippen LogP contribution in [-0.2, 0) is 0 Å². The van der Waals surface area contributed by atoms with Gasteiger partial charge < -0.3 is 19.8 Å². The summed E-state index contributed by atoms with van der Waals surface area (Å²) in [6.07, 6.45) is 6.68. The number of benzene rings is 1. The number of H-pyrrole nitrogens is 1. The molecule has 3 aromatic rings. The van der Waals surface area contributed by atoms with Crippen LogP contribution < -0.4 is 14.9 Å². The van der Waals surface area contributed by atoms with E-state index in [2.05, 4.69) is 67.3 Å². The largest absolute Gasteiger partial charge is 0.354 e. The molecule has 2 aromatic heterocycles. The van der Waals surface area contributed by atoms with Crippen molar-refractivity contribution in [2.24, 2.45) is 0 Å². The Morgan fingerprint density at radius 1 is 1.06 bits per heavy atom. The first-order valence-electron chi connectivity index (χ1n) is 12.0. The number of nitrogens with one attached hydrogen (secondary N) is 3. The molecule has 0 bridgehead atoms. The van der Waals surface area contributed by atoms with E-state index in [1.807, 2.05) is 37.1 Å². The number of rotatable bonds is 9. The van der Waals surface area contributed by atoms with Crippen molar-refractivity contribution in [1.82, 2.24) is 25.1 Å². The monoisotopic (exact) mass is 476 g/mol. The van der Waals surface area contributed by atoms with Crippen molar-refractivity contribution in [3.63, 3.8) is 0 Å². The van der Waals surface area contributed by atoms with E-state index < -0.39 is 0 Å². The summed E-state index contributed by atoms with van der Waals surface area (Å²) in [4.78, 5) is 14.4. The highest BCUT2D eigenvalue weighted by molar-refractivity contribution is 8.01. The fraction of sp³-hybridized carbons (Fsp3) is 0.400. The molecule has 1 saturated carbocycles. The van der Waals surface area contributed by atoms with Crippen molar-refractivity contribution in [2.75, 3.05) is 47.7 Å². The maximum absolute atomic E-state index is 4.88. The van der Waals surface area contributed by atoms with Crippen LogP contribution in [0, 0.1) is 6.92 Å². The van der Waals surface area contributed by atoms with Crippen LogP contribution in [0.5, 0.6) is 0 Å². The fourth-order valence-electron chi connectivity index (χ4n) is 3.87. The number of aromatic nitrogens is 4. The zero-order valence-electron chi connectivity index (χ0n) is 19.8. The molecule has 1 aliphatic heterocycles. The molecule has 0 atom stereocenters. The van der Waals surface area contributed by atoms with Gasteiger partial charge in [-0.3, -0.25) is 5.10 Å². The lowest BCUT2D eigenvalue weighted by atomic mass is 10.2. The molecule has 1 aliphatic carbocycles. The molecule has 2 aliphatic rings. The van der Waals surface area contributed by atoms with E-state index in [1.54, 1.807) is 0 Å². The van der Waals surface area contributed by atoms with Gasteiger partial charge in [0.15, 0.2) is 11.6 Å². The average molecular weight is 477 g/mol. The van der Waals surface area contributed by atoms with Crippen molar-refractivity contribution in [3.05, 3.63) is 53.5 Å². The number of hydrogen-bond acceptors (Lipinski definition) is 8. The molecular formula is C25H32N8S. The van der Waals surface area contributed by atoms with Gasteiger partial charge in [-0.05, 0) is 62.0 Å². The van der Waals surface area contributed by atoms with Gasteiger partial charge in [0.1, 0.15) is 11.6 Å². The summed E-state index contributed by atoms with van der Waals surface area (Å²) < 4.78 is 3.46. The minimum atomic E-state index is 0.677. The molecule has 0 spiro atoms. The normalized spacial score (nSPS) is 16.8. The summed E-state index contributed by atoms with van der Waals surface area (Å²) in [5, 5.41) is 11.4. The predicted octanol–water partition coefficient (Wildman–Crippen LogP) is 4.79. The lowest BCUT2D eigenvalue weighted by Crippen LogP contribution is -2.46. The highest BCUT2D eigenvalue weighted by Crippen LogP contribution is 2.34. The fourth-order valence-corrected chi connectivity index (χ4v) is 4.68. The van der Waals surface area contributed by atoms with Crippen LogP contribution in [0.1, 0.15) is 36.8 Å². The van der Waals surface area contributed by atoms with E-state index >= 15 is 0 Å². The molecule has 34 heavy (non-hydrogen) atoms. The van der Waals surface area contributed by atoms with Gasteiger partial charge in [0.25, 0.3) is 0 Å². The molecule has 1 aromatic carbocycles. The van der Waals surface area contributed by atoms with Crippen molar-refractivity contribution in [1.29, 1.82) is 0 Å². The number of nitrogens with zero attached hydrogens (tertiary/aromatic N) is 5. The minimum Gasteiger partial charge on any atom is -0.354 e. The molecule has 0 radical (unpaired) electrons. The first-order chi connectivity index (χ1) is 16.6. The van der Waals surface area contributed by atoms with E-state index in [9.17, 15) is 0 Å². The minimum absolute atomic E-state index is 0.677. The predicted molar refractivity (Wildman–Crippen MR) is 143 cm³/mol. The van der Waals surface area contributed by atoms with Gasteiger partial charge in [-0.2, -0.15) is 5.10 Å². The Bertz CT molecular complexity index is 1130. The van der Waals surface area contributed by atoms with E-state index in [4.69, 9.17) is 9.97 Å². The van der Waals surface area contributed by atoms with Crippen LogP contribution in [-0.4, -0.2) is 63.0 Å². The van der Waals surface area contributed by atoms with E-state index in [0.29, 0.717) is 5.82 Å². The number of anilines is 4. The van der Waals surface area contributed by atoms with E-state index in [1.165, 1.54) is 12.8 Å². The molecule has 178 valence electrons. The van der Waals surface area contributed by atoms with Gasteiger partial charge in [0.05, 0.1) is 0 Å². The average Bonchev–Trinajstić information content (AvgIpc) is 3.61. The Balaban J connectivity index is 1.36. The van der Waals surface area contributed by atoms with Crippen molar-refractivity contribution in [2.45, 2.75) is 31.9 Å². The molecule has 9 heteroatoms. The highest BCUT2D eigenvalue weighted by atomic mass is 32.2. The zero-order chi connectivity index (χ0) is 23.3. The zero-order valence-corrected chi connectivity index (χ0v) is 20.6. The summed E-state index contributed by atoms with van der Waals surface area (Å²) in [5.74, 6) is 3.11. The number of hydrogen-bond donors (Lipinski definition) is 3. The maximum atomic E-state index is 4.88. The van der Waals surface area contributed by atoms with Crippen molar-refractivity contribution >= 4 is 47.2 Å². The van der Waals surface area contributed by atoms with Crippen LogP contribution in [0.2, 0.25) is 0 Å². The molecule has 5 rings (SSSR count). The van der Waals surface area contributed by atoms with Gasteiger partial charge in [-0.1, -0.05) is 25.1 Å². The summed E-state index contributed by atoms with van der Waals surface area (Å²) in [7, 11) is 0. The van der Waals surface area contributed by atoms with Crippen LogP contribution in [0.25, 0.3) is 12.2 Å². The topological polar surface area (TPSA) is 85.0 Å². The third kappa shape index (κ3) is 6.09. The second-order valence-corrected chi connectivity index (χ2v) is 9.94. The van der Waals surface area contributed by atoms with Crippen LogP contribution in [0.4, 0.5) is 23.1 Å². The molecular weight excluding hydrogens is 444 g/mol. The van der Waals surface area contributed by atoms with Gasteiger partial charge in [-0.15, -0.1) is 0 Å². The maximum Gasteiger partial charge on any atom is 0.156 e.